The van der Waals surface area contributed by atoms with Gasteiger partial charge in [-0.1, -0.05) is 29.5 Å². The van der Waals surface area contributed by atoms with Crippen LogP contribution < -0.4 is 0 Å². The lowest BCUT2D eigenvalue weighted by Crippen LogP contribution is -2.36. The van der Waals surface area contributed by atoms with Crippen molar-refractivity contribution in [3.63, 3.8) is 0 Å². The first-order valence-corrected chi connectivity index (χ1v) is 8.16. The van der Waals surface area contributed by atoms with Crippen LogP contribution >= 0.6 is 0 Å². The second kappa shape index (κ2) is 7.18. The Morgan fingerprint density at radius 2 is 2.08 bits per heavy atom. The Morgan fingerprint density at radius 1 is 1.32 bits per heavy atom. The molecule has 1 aliphatic rings. The lowest BCUT2D eigenvalue weighted by atomic mass is 10.0. The number of ether oxygens (including phenoxy) is 1. The molecule has 2 heterocycles. The summed E-state index contributed by atoms with van der Waals surface area (Å²) in [6.45, 7) is 4.61. The number of carbonyl (C=O) groups is 1. The fourth-order valence-electron chi connectivity index (χ4n) is 2.67. The van der Waals surface area contributed by atoms with Crippen molar-refractivity contribution in [3.8, 4) is 11.8 Å². The molecule has 1 aliphatic heterocycles. The summed E-state index contributed by atoms with van der Waals surface area (Å²) in [4.78, 5) is 13.6. The molecular formula is C18H19N5O2. The normalized spacial score (nSPS) is 14.2. The van der Waals surface area contributed by atoms with Crippen molar-refractivity contribution < 1.29 is 9.53 Å². The van der Waals surface area contributed by atoms with E-state index < -0.39 is 0 Å². The molecule has 0 radical (unpaired) electrons. The zero-order valence-electron chi connectivity index (χ0n) is 14.2. The number of para-hydroxylation sites is 1. The Balaban J connectivity index is 1.82. The van der Waals surface area contributed by atoms with E-state index in [4.69, 9.17) is 4.74 Å². The number of hydrogen-bond donors (Lipinski definition) is 0. The Kier molecular flexibility index (Phi) is 4.80. The van der Waals surface area contributed by atoms with E-state index in [2.05, 4.69) is 16.4 Å². The number of rotatable bonds is 3. The lowest BCUT2D eigenvalue weighted by Gasteiger charge is -2.26. The Labute approximate surface area is 146 Å². The van der Waals surface area contributed by atoms with Crippen LogP contribution in [0.3, 0.4) is 0 Å². The maximum Gasteiger partial charge on any atom is 0.410 e. The van der Waals surface area contributed by atoms with Gasteiger partial charge in [0.25, 0.3) is 0 Å². The first kappa shape index (κ1) is 16.7. The van der Waals surface area contributed by atoms with E-state index in [9.17, 15) is 10.1 Å². The van der Waals surface area contributed by atoms with Crippen LogP contribution in [0.5, 0.6) is 0 Å². The molecule has 0 aliphatic carbocycles. The molecule has 0 spiro atoms. The summed E-state index contributed by atoms with van der Waals surface area (Å²) in [5, 5.41) is 17.9. The highest BCUT2D eigenvalue weighted by molar-refractivity contribution is 5.73. The van der Waals surface area contributed by atoms with Crippen LogP contribution in [0.1, 0.15) is 31.7 Å². The van der Waals surface area contributed by atoms with Crippen LogP contribution in [0.25, 0.3) is 11.3 Å². The topological polar surface area (TPSA) is 84.0 Å². The summed E-state index contributed by atoms with van der Waals surface area (Å²) >= 11 is 0. The van der Waals surface area contributed by atoms with Gasteiger partial charge in [-0.3, -0.25) is 0 Å². The van der Waals surface area contributed by atoms with Gasteiger partial charge in [0.2, 0.25) is 0 Å². The molecule has 0 atom stereocenters. The molecule has 1 aromatic heterocycles. The first-order chi connectivity index (χ1) is 12.1. The van der Waals surface area contributed by atoms with Crippen LogP contribution in [0.4, 0.5) is 4.79 Å². The van der Waals surface area contributed by atoms with E-state index in [1.54, 1.807) is 4.90 Å². The lowest BCUT2D eigenvalue weighted by molar-refractivity contribution is 0.0799. The minimum Gasteiger partial charge on any atom is -0.447 e. The summed E-state index contributed by atoms with van der Waals surface area (Å²) in [6, 6.07) is 11.6. The molecule has 3 rings (SSSR count). The van der Waals surface area contributed by atoms with Crippen LogP contribution in [0.15, 0.2) is 36.4 Å². The number of nitriles is 1. The van der Waals surface area contributed by atoms with Gasteiger partial charge >= 0.3 is 6.09 Å². The van der Waals surface area contributed by atoms with Gasteiger partial charge in [-0.2, -0.15) is 5.26 Å². The average molecular weight is 337 g/mol. The number of benzene rings is 1. The second-order valence-electron chi connectivity index (χ2n) is 6.00. The molecule has 128 valence electrons. The third-order valence-corrected chi connectivity index (χ3v) is 3.88. The third kappa shape index (κ3) is 3.53. The fraction of sp³-hybridized carbons (Fsp3) is 0.333. The number of aromatic nitrogens is 3. The van der Waals surface area contributed by atoms with Gasteiger partial charge in [-0.15, -0.1) is 5.10 Å². The molecule has 2 aromatic rings. The average Bonchev–Trinajstić information content (AvgIpc) is 3.06. The van der Waals surface area contributed by atoms with Gasteiger partial charge in [0.05, 0.1) is 11.8 Å². The third-order valence-electron chi connectivity index (χ3n) is 3.88. The molecule has 0 saturated carbocycles. The highest BCUT2D eigenvalue weighted by atomic mass is 16.6. The Hall–Kier alpha value is -3.14. The summed E-state index contributed by atoms with van der Waals surface area (Å²) in [5.41, 5.74) is 2.68. The van der Waals surface area contributed by atoms with Crippen molar-refractivity contribution in [1.82, 2.24) is 19.9 Å². The van der Waals surface area contributed by atoms with Crippen LogP contribution in [-0.4, -0.2) is 45.2 Å². The van der Waals surface area contributed by atoms with E-state index in [-0.39, 0.29) is 12.2 Å². The van der Waals surface area contributed by atoms with E-state index in [1.807, 2.05) is 50.3 Å². The SMILES string of the molecule is CC(C)OC(=O)N1CC=C(c2nnn(-c3ccccc3)c2C#N)CC1. The van der Waals surface area contributed by atoms with Crippen molar-refractivity contribution in [1.29, 1.82) is 5.26 Å². The van der Waals surface area contributed by atoms with E-state index in [1.165, 1.54) is 4.68 Å². The van der Waals surface area contributed by atoms with Crippen LogP contribution in [0, 0.1) is 11.3 Å². The fourth-order valence-corrected chi connectivity index (χ4v) is 2.67. The zero-order valence-corrected chi connectivity index (χ0v) is 14.2. The molecule has 0 N–H and O–H groups in total. The van der Waals surface area contributed by atoms with Gasteiger partial charge in [0, 0.05) is 13.1 Å². The molecule has 25 heavy (non-hydrogen) atoms. The summed E-state index contributed by atoms with van der Waals surface area (Å²) in [6.07, 6.45) is 2.05. The Morgan fingerprint density at radius 3 is 2.68 bits per heavy atom. The number of hydrogen-bond acceptors (Lipinski definition) is 5. The van der Waals surface area contributed by atoms with Gasteiger partial charge in [0.1, 0.15) is 11.8 Å². The summed E-state index contributed by atoms with van der Waals surface area (Å²) in [5.74, 6) is 0. The van der Waals surface area contributed by atoms with Gasteiger partial charge in [-0.25, -0.2) is 9.48 Å². The highest BCUT2D eigenvalue weighted by Gasteiger charge is 2.24. The van der Waals surface area contributed by atoms with E-state index in [0.717, 1.165) is 11.3 Å². The molecule has 0 saturated heterocycles. The predicted octanol–water partition coefficient (Wildman–Crippen LogP) is 2.77. The highest BCUT2D eigenvalue weighted by Crippen LogP contribution is 2.25. The maximum atomic E-state index is 12.0. The molecule has 0 fully saturated rings. The van der Waals surface area contributed by atoms with Crippen molar-refractivity contribution in [2.75, 3.05) is 13.1 Å². The summed E-state index contributed by atoms with van der Waals surface area (Å²) in [7, 11) is 0. The maximum absolute atomic E-state index is 12.0. The molecule has 1 aromatic carbocycles. The molecule has 0 unspecified atom stereocenters. The van der Waals surface area contributed by atoms with Crippen molar-refractivity contribution >= 4 is 11.7 Å². The van der Waals surface area contributed by atoms with Crippen molar-refractivity contribution in [2.24, 2.45) is 0 Å². The largest absolute Gasteiger partial charge is 0.447 e. The first-order valence-electron chi connectivity index (χ1n) is 8.16. The molecule has 7 nitrogen and oxygen atoms in total. The smallest absolute Gasteiger partial charge is 0.410 e. The quantitative estimate of drug-likeness (QED) is 0.860. The minimum atomic E-state index is -0.321. The van der Waals surface area contributed by atoms with Crippen molar-refractivity contribution in [3.05, 3.63) is 47.8 Å². The van der Waals surface area contributed by atoms with Gasteiger partial charge in [-0.05, 0) is 38.0 Å². The van der Waals surface area contributed by atoms with E-state index >= 15 is 0 Å². The zero-order chi connectivity index (χ0) is 17.8. The van der Waals surface area contributed by atoms with Crippen molar-refractivity contribution in [2.45, 2.75) is 26.4 Å². The van der Waals surface area contributed by atoms with Gasteiger partial charge in [0.15, 0.2) is 5.69 Å². The number of amides is 1. The summed E-state index contributed by atoms with van der Waals surface area (Å²) < 4.78 is 6.75. The molecule has 7 heteroatoms. The minimum absolute atomic E-state index is 0.145. The monoisotopic (exact) mass is 337 g/mol. The number of carbonyl (C=O) groups excluding carboxylic acids is 1. The molecule has 0 bridgehead atoms. The Bertz CT molecular complexity index is 833. The molecular weight excluding hydrogens is 318 g/mol. The predicted molar refractivity (Wildman–Crippen MR) is 91.9 cm³/mol. The second-order valence-corrected chi connectivity index (χ2v) is 6.00. The molecule has 1 amide bonds. The van der Waals surface area contributed by atoms with Gasteiger partial charge < -0.3 is 9.64 Å². The standard InChI is InChI=1S/C18H19N5O2/c1-13(2)25-18(24)22-10-8-14(9-11-22)17-16(12-19)23(21-20-17)15-6-4-3-5-7-15/h3-8,13H,9-11H2,1-2H3. The van der Waals surface area contributed by atoms with E-state index in [0.29, 0.717) is 30.9 Å². The van der Waals surface area contributed by atoms with Crippen LogP contribution in [0.2, 0.25) is 0 Å². The van der Waals surface area contributed by atoms with Crippen LogP contribution in [-0.2, 0) is 4.74 Å². The number of nitrogens with zero attached hydrogens (tertiary/aromatic N) is 5.